The van der Waals surface area contributed by atoms with Gasteiger partial charge in [-0.25, -0.2) is 4.98 Å². The van der Waals surface area contributed by atoms with Crippen LogP contribution in [0.3, 0.4) is 0 Å². The summed E-state index contributed by atoms with van der Waals surface area (Å²) in [6.07, 6.45) is 0.345. The van der Waals surface area contributed by atoms with Crippen molar-refractivity contribution in [2.24, 2.45) is 0 Å². The molecule has 3 aromatic rings. The van der Waals surface area contributed by atoms with Gasteiger partial charge in [0, 0.05) is 44.0 Å². The third kappa shape index (κ3) is 3.25. The smallest absolute Gasteiger partial charge is 0.292 e. The van der Waals surface area contributed by atoms with Crippen LogP contribution in [0.2, 0.25) is 5.02 Å². The van der Waals surface area contributed by atoms with Crippen molar-refractivity contribution in [3.63, 3.8) is 0 Å². The van der Waals surface area contributed by atoms with Crippen LogP contribution in [-0.2, 0) is 39.1 Å². The predicted octanol–water partition coefficient (Wildman–Crippen LogP) is 2.56. The second-order valence-corrected chi connectivity index (χ2v) is 4.38. The summed E-state index contributed by atoms with van der Waals surface area (Å²) in [5, 5.41) is 2.98. The first kappa shape index (κ1) is 18.0. The van der Waals surface area contributed by atoms with E-state index in [1.807, 2.05) is 30.3 Å². The van der Waals surface area contributed by atoms with Crippen molar-refractivity contribution in [2.75, 3.05) is 0 Å². The number of aromatic amines is 1. The van der Waals surface area contributed by atoms with Gasteiger partial charge in [-0.1, -0.05) is 41.9 Å². The monoisotopic (exact) mass is 377 g/mol. The number of nitrogens with one attached hydrogen (secondary N) is 1. The Morgan fingerprint density at radius 3 is 2.52 bits per heavy atom. The quantitative estimate of drug-likeness (QED) is 0.698. The number of aromatic nitrogens is 4. The van der Waals surface area contributed by atoms with Gasteiger partial charge in [0.1, 0.15) is 5.02 Å². The Kier molecular flexibility index (Phi) is 6.26. The number of H-pyrrole nitrogens is 1. The van der Waals surface area contributed by atoms with Gasteiger partial charge in [0.2, 0.25) is 0 Å². The zero-order valence-electron chi connectivity index (χ0n) is 11.5. The van der Waals surface area contributed by atoms with Crippen LogP contribution in [-0.4, -0.2) is 19.6 Å². The topological polar surface area (TPSA) is 63.1 Å². The molecule has 0 aliphatic heterocycles. The van der Waals surface area contributed by atoms with Gasteiger partial charge in [-0.2, -0.15) is 9.50 Å². The fourth-order valence-electron chi connectivity index (χ4n) is 1.83. The van der Waals surface area contributed by atoms with Gasteiger partial charge < -0.3 is 14.4 Å². The van der Waals surface area contributed by atoms with Gasteiger partial charge in [0.15, 0.2) is 5.82 Å². The maximum absolute atomic E-state index is 12.0. The summed E-state index contributed by atoms with van der Waals surface area (Å²) < 4.78 is 1.24. The first-order valence-corrected chi connectivity index (χ1v) is 6.10. The van der Waals surface area contributed by atoms with Crippen LogP contribution >= 0.6 is 11.6 Å². The number of nitrogens with zero attached hydrogens (tertiary/aromatic N) is 3. The number of hydrogen-bond donors (Lipinski definition) is 1. The second kappa shape index (κ2) is 7.29. The number of hydrogen-bond acceptors (Lipinski definition) is 3. The molecular formula is C14H13ClN4OY-2. The van der Waals surface area contributed by atoms with Crippen LogP contribution in [0.15, 0.2) is 35.1 Å². The molecule has 0 unspecified atom stereocenters. The maximum Gasteiger partial charge on any atom is 0.292 e. The minimum atomic E-state index is -0.361. The maximum atomic E-state index is 12.0. The second-order valence-electron chi connectivity index (χ2n) is 4.00. The van der Waals surface area contributed by atoms with E-state index in [2.05, 4.69) is 22.0 Å². The predicted molar refractivity (Wildman–Crippen MR) is 79.5 cm³/mol. The summed E-state index contributed by atoms with van der Waals surface area (Å²) in [6.45, 7) is 3.70. The largest absolute Gasteiger partial charge is 0.358 e. The first-order chi connectivity index (χ1) is 9.20. The van der Waals surface area contributed by atoms with E-state index < -0.39 is 0 Å². The van der Waals surface area contributed by atoms with E-state index in [4.69, 9.17) is 11.6 Å². The molecule has 5 nitrogen and oxygen atoms in total. The van der Waals surface area contributed by atoms with E-state index in [1.165, 1.54) is 4.52 Å². The molecule has 0 atom stereocenters. The van der Waals surface area contributed by atoms with E-state index in [-0.39, 0.29) is 50.7 Å². The van der Waals surface area contributed by atoms with Gasteiger partial charge >= 0.3 is 0 Å². The zero-order valence-corrected chi connectivity index (χ0v) is 15.1. The van der Waals surface area contributed by atoms with E-state index in [1.54, 1.807) is 0 Å². The van der Waals surface area contributed by atoms with E-state index in [9.17, 15) is 4.79 Å². The Balaban J connectivity index is 0.00000110. The van der Waals surface area contributed by atoms with Crippen LogP contribution in [0.1, 0.15) is 5.69 Å². The molecule has 2 aromatic heterocycles. The minimum absolute atomic E-state index is 0. The number of benzene rings is 1. The molecule has 0 saturated carbocycles. The number of rotatable bonds is 2. The summed E-state index contributed by atoms with van der Waals surface area (Å²) in [6, 6.07) is 9.49. The molecule has 0 aliphatic carbocycles. The molecule has 3 rings (SSSR count). The van der Waals surface area contributed by atoms with Crippen molar-refractivity contribution < 1.29 is 32.7 Å². The molecule has 0 bridgehead atoms. The van der Waals surface area contributed by atoms with Gasteiger partial charge in [-0.15, -0.1) is 6.42 Å². The van der Waals surface area contributed by atoms with Gasteiger partial charge in [-0.3, -0.25) is 9.89 Å². The molecule has 107 valence electrons. The molecule has 0 spiro atoms. The average Bonchev–Trinajstić information content (AvgIpc) is 2.88. The summed E-state index contributed by atoms with van der Waals surface area (Å²) >= 11 is 5.94. The van der Waals surface area contributed by atoms with Crippen molar-refractivity contribution in [3.8, 4) is 11.4 Å². The van der Waals surface area contributed by atoms with Crippen LogP contribution in [0.4, 0.5) is 0 Å². The Morgan fingerprint density at radius 1 is 1.24 bits per heavy atom. The first-order valence-electron chi connectivity index (χ1n) is 5.72. The van der Waals surface area contributed by atoms with Crippen LogP contribution < -0.4 is 5.56 Å². The van der Waals surface area contributed by atoms with Crippen molar-refractivity contribution in [2.45, 2.75) is 6.42 Å². The Labute approximate surface area is 152 Å². The van der Waals surface area contributed by atoms with Crippen LogP contribution in [0, 0.1) is 14.4 Å². The Bertz CT molecular complexity index is 798. The SMILES string of the molecule is [CH2-]Cc1nc2nc(-c3ccccc3)[nH]n2c(=O)c1Cl.[CH3-].[Y]. The van der Waals surface area contributed by atoms with Crippen LogP contribution in [0.25, 0.3) is 17.2 Å². The molecule has 0 saturated heterocycles. The minimum Gasteiger partial charge on any atom is -0.358 e. The third-order valence-corrected chi connectivity index (χ3v) is 3.17. The summed E-state index contributed by atoms with van der Waals surface area (Å²) in [5.74, 6) is 0.870. The van der Waals surface area contributed by atoms with Crippen LogP contribution in [0.5, 0.6) is 0 Å². The van der Waals surface area contributed by atoms with Crippen molar-refractivity contribution in [1.82, 2.24) is 19.6 Å². The van der Waals surface area contributed by atoms with Crippen molar-refractivity contribution in [3.05, 3.63) is 65.8 Å². The molecule has 21 heavy (non-hydrogen) atoms. The molecule has 1 aromatic carbocycles. The normalized spacial score (nSPS) is 10.0. The number of fused-ring (bicyclic) bond motifs is 1. The van der Waals surface area contributed by atoms with Gasteiger partial charge in [0.05, 0.1) is 0 Å². The molecule has 1 N–H and O–H groups in total. The summed E-state index contributed by atoms with van der Waals surface area (Å²) in [4.78, 5) is 20.6. The molecule has 1 radical (unpaired) electrons. The van der Waals surface area contributed by atoms with Gasteiger partial charge in [-0.05, 0) is 0 Å². The Morgan fingerprint density at radius 2 is 1.90 bits per heavy atom. The van der Waals surface area contributed by atoms with E-state index >= 15 is 0 Å². The molecule has 7 heteroatoms. The third-order valence-electron chi connectivity index (χ3n) is 2.79. The Hall–Kier alpha value is -1.04. The summed E-state index contributed by atoms with van der Waals surface area (Å²) in [7, 11) is 0. The fourth-order valence-corrected chi connectivity index (χ4v) is 2.05. The fraction of sp³-hybridized carbons (Fsp3) is 0.0714. The van der Waals surface area contributed by atoms with Crippen molar-refractivity contribution >= 4 is 17.4 Å². The molecular weight excluding hydrogens is 365 g/mol. The average molecular weight is 378 g/mol. The molecule has 2 heterocycles. The molecule has 0 amide bonds. The number of halogens is 1. The molecule has 0 fully saturated rings. The van der Waals surface area contributed by atoms with Gasteiger partial charge in [0.25, 0.3) is 11.3 Å². The standard InChI is InChI=1S/C13H10ClN4O.CH3.Y/c1-2-9-10(14)12(19)18-13(15-9)16-11(17-18)8-6-4-3-5-7-8;;/h3-7H,1-2H2,(H,15,16,17);1H3;/q2*-1;. The van der Waals surface area contributed by atoms with E-state index in [0.29, 0.717) is 23.7 Å². The summed E-state index contributed by atoms with van der Waals surface area (Å²) in [5.41, 5.74) is 0.970. The zero-order chi connectivity index (χ0) is 13.4. The van der Waals surface area contributed by atoms with E-state index in [0.717, 1.165) is 5.56 Å². The molecule has 0 aliphatic rings. The van der Waals surface area contributed by atoms with Crippen molar-refractivity contribution in [1.29, 1.82) is 0 Å².